The number of likely N-dealkylation sites (N-methyl/N-ethyl adjacent to an activating group) is 1. The molecule has 0 saturated carbocycles. The van der Waals surface area contributed by atoms with Crippen molar-refractivity contribution in [2.45, 2.75) is 34.6 Å². The van der Waals surface area contributed by atoms with E-state index in [4.69, 9.17) is 0 Å². The molecule has 0 aliphatic carbocycles. The molecule has 0 bridgehead atoms. The zero-order valence-electron chi connectivity index (χ0n) is 18.9. The van der Waals surface area contributed by atoms with Gasteiger partial charge in [0.05, 0.1) is 10.6 Å². The topological polar surface area (TPSA) is 37.6 Å². The maximum atomic E-state index is 13.2. The summed E-state index contributed by atoms with van der Waals surface area (Å²) in [6.07, 6.45) is 1.95. The van der Waals surface area contributed by atoms with Gasteiger partial charge in [0, 0.05) is 23.6 Å². The van der Waals surface area contributed by atoms with Crippen LogP contribution in [-0.4, -0.2) is 27.1 Å². The Morgan fingerprint density at radius 1 is 1.00 bits per heavy atom. The third-order valence-electron chi connectivity index (χ3n) is 5.48. The maximum absolute atomic E-state index is 13.2. The van der Waals surface area contributed by atoms with Crippen LogP contribution in [0.25, 0.3) is 11.8 Å². The number of aromatic nitrogens is 1. The number of benzene rings is 2. The lowest BCUT2D eigenvalue weighted by molar-refractivity contribution is -0.122. The van der Waals surface area contributed by atoms with E-state index >= 15 is 0 Å². The van der Waals surface area contributed by atoms with Crippen molar-refractivity contribution in [2.24, 2.45) is 4.99 Å². The highest BCUT2D eigenvalue weighted by atomic mass is 32.2. The van der Waals surface area contributed by atoms with Crippen LogP contribution >= 0.6 is 11.8 Å². The standard InChI is InChI=1S/C26H26FN3OS/c1-6-29-25(31)24(32-26(29)28-22-9-7-21(27)8-10-22)15-20-14-18(4)30(19(20)5)23-12-16(2)11-17(3)13-23/h7-15H,6H2,1-5H3/b24-15+,28-26?. The van der Waals surface area contributed by atoms with Gasteiger partial charge < -0.3 is 4.57 Å². The van der Waals surface area contributed by atoms with Crippen LogP contribution in [0.15, 0.2) is 58.4 Å². The minimum Gasteiger partial charge on any atom is -0.318 e. The Kier molecular flexibility index (Phi) is 6.07. The fraction of sp³-hybridized carbons (Fsp3) is 0.231. The summed E-state index contributed by atoms with van der Waals surface area (Å²) >= 11 is 1.35. The van der Waals surface area contributed by atoms with Crippen LogP contribution in [0.4, 0.5) is 10.1 Å². The van der Waals surface area contributed by atoms with Crippen LogP contribution in [0.1, 0.15) is 35.0 Å². The van der Waals surface area contributed by atoms with Crippen molar-refractivity contribution in [1.29, 1.82) is 0 Å². The van der Waals surface area contributed by atoms with E-state index in [0.29, 0.717) is 22.3 Å². The molecule has 2 aromatic carbocycles. The van der Waals surface area contributed by atoms with Crippen LogP contribution in [0.3, 0.4) is 0 Å². The van der Waals surface area contributed by atoms with E-state index in [-0.39, 0.29) is 11.7 Å². The van der Waals surface area contributed by atoms with Gasteiger partial charge in [0.2, 0.25) is 0 Å². The number of aryl methyl sites for hydroxylation is 3. The monoisotopic (exact) mass is 447 g/mol. The molecule has 0 N–H and O–H groups in total. The van der Waals surface area contributed by atoms with E-state index < -0.39 is 0 Å². The van der Waals surface area contributed by atoms with Gasteiger partial charge in [-0.1, -0.05) is 6.07 Å². The zero-order chi connectivity index (χ0) is 23.0. The molecule has 32 heavy (non-hydrogen) atoms. The number of halogens is 1. The zero-order valence-corrected chi connectivity index (χ0v) is 19.8. The summed E-state index contributed by atoms with van der Waals surface area (Å²) in [4.78, 5) is 19.9. The number of hydrogen-bond donors (Lipinski definition) is 0. The summed E-state index contributed by atoms with van der Waals surface area (Å²) < 4.78 is 15.4. The lowest BCUT2D eigenvalue weighted by atomic mass is 10.1. The summed E-state index contributed by atoms with van der Waals surface area (Å²) in [6.45, 7) is 10.8. The Hall–Kier alpha value is -3.12. The van der Waals surface area contributed by atoms with Gasteiger partial charge in [-0.15, -0.1) is 0 Å². The van der Waals surface area contributed by atoms with Crippen molar-refractivity contribution in [3.8, 4) is 5.69 Å². The predicted octanol–water partition coefficient (Wildman–Crippen LogP) is 6.47. The number of hydrogen-bond acceptors (Lipinski definition) is 3. The normalized spacial score (nSPS) is 16.6. The summed E-state index contributed by atoms with van der Waals surface area (Å²) in [5, 5.41) is 0.610. The van der Waals surface area contributed by atoms with Crippen LogP contribution in [0, 0.1) is 33.5 Å². The van der Waals surface area contributed by atoms with E-state index in [1.54, 1.807) is 17.0 Å². The van der Waals surface area contributed by atoms with Gasteiger partial charge in [-0.05, 0) is 112 Å². The quantitative estimate of drug-likeness (QED) is 0.430. The minimum atomic E-state index is -0.309. The molecule has 4 rings (SSSR count). The van der Waals surface area contributed by atoms with Crippen molar-refractivity contribution in [1.82, 2.24) is 9.47 Å². The number of aliphatic imine (C=N–C) groups is 1. The van der Waals surface area contributed by atoms with Crippen LogP contribution in [0.2, 0.25) is 0 Å². The average Bonchev–Trinajstić information content (AvgIpc) is 3.18. The van der Waals surface area contributed by atoms with Crippen molar-refractivity contribution in [3.05, 3.63) is 87.3 Å². The van der Waals surface area contributed by atoms with Crippen LogP contribution in [-0.2, 0) is 4.79 Å². The highest BCUT2D eigenvalue weighted by molar-refractivity contribution is 8.18. The van der Waals surface area contributed by atoms with Gasteiger partial charge in [0.15, 0.2) is 5.17 Å². The number of rotatable bonds is 4. The molecule has 6 heteroatoms. The summed E-state index contributed by atoms with van der Waals surface area (Å²) in [7, 11) is 0. The molecule has 164 valence electrons. The van der Waals surface area contributed by atoms with Crippen molar-refractivity contribution >= 4 is 34.6 Å². The number of amides is 1. The van der Waals surface area contributed by atoms with Crippen LogP contribution in [0.5, 0.6) is 0 Å². The van der Waals surface area contributed by atoms with Gasteiger partial charge in [-0.2, -0.15) is 0 Å². The number of nitrogens with zero attached hydrogens (tertiary/aromatic N) is 3. The molecule has 0 unspecified atom stereocenters. The minimum absolute atomic E-state index is 0.0606. The summed E-state index contributed by atoms with van der Waals surface area (Å²) in [5.74, 6) is -0.370. The van der Waals surface area contributed by atoms with Crippen molar-refractivity contribution in [3.63, 3.8) is 0 Å². The molecule has 2 heterocycles. The molecule has 1 amide bonds. The third-order valence-corrected chi connectivity index (χ3v) is 6.48. The Morgan fingerprint density at radius 3 is 2.28 bits per heavy atom. The summed E-state index contributed by atoms with van der Waals surface area (Å²) in [6, 6.07) is 14.6. The second-order valence-electron chi connectivity index (χ2n) is 8.04. The molecule has 0 spiro atoms. The molecule has 1 aromatic heterocycles. The van der Waals surface area contributed by atoms with Gasteiger partial charge in [0.25, 0.3) is 5.91 Å². The van der Waals surface area contributed by atoms with Crippen molar-refractivity contribution < 1.29 is 9.18 Å². The molecule has 1 fully saturated rings. The second-order valence-corrected chi connectivity index (χ2v) is 9.05. The summed E-state index contributed by atoms with van der Waals surface area (Å²) in [5.41, 5.74) is 7.39. The predicted molar refractivity (Wildman–Crippen MR) is 131 cm³/mol. The van der Waals surface area contributed by atoms with Gasteiger partial charge >= 0.3 is 0 Å². The maximum Gasteiger partial charge on any atom is 0.266 e. The molecule has 1 aliphatic heterocycles. The first kappa shape index (κ1) is 22.1. The van der Waals surface area contributed by atoms with E-state index in [1.807, 2.05) is 13.0 Å². The fourth-order valence-corrected chi connectivity index (χ4v) is 5.10. The number of carbonyl (C=O) groups excluding carboxylic acids is 1. The van der Waals surface area contributed by atoms with E-state index in [9.17, 15) is 9.18 Å². The van der Waals surface area contributed by atoms with Crippen LogP contribution < -0.4 is 0 Å². The lowest BCUT2D eigenvalue weighted by Gasteiger charge is -2.12. The number of thioether (sulfide) groups is 1. The molecular weight excluding hydrogens is 421 g/mol. The lowest BCUT2D eigenvalue weighted by Crippen LogP contribution is -2.28. The highest BCUT2D eigenvalue weighted by Crippen LogP contribution is 2.35. The Balaban J connectivity index is 1.71. The molecule has 4 nitrogen and oxygen atoms in total. The molecule has 0 radical (unpaired) electrons. The number of amidine groups is 1. The highest BCUT2D eigenvalue weighted by Gasteiger charge is 2.32. The largest absolute Gasteiger partial charge is 0.318 e. The van der Waals surface area contributed by atoms with Gasteiger partial charge in [0.1, 0.15) is 5.82 Å². The Labute approximate surface area is 192 Å². The second kappa shape index (κ2) is 8.79. The van der Waals surface area contributed by atoms with E-state index in [1.165, 1.54) is 35.0 Å². The Morgan fingerprint density at radius 2 is 1.66 bits per heavy atom. The molecule has 0 atom stereocenters. The SMILES string of the molecule is CCN1C(=O)/C(=C\c2cc(C)n(-c3cc(C)cc(C)c3)c2C)SC1=Nc1ccc(F)cc1. The first-order chi connectivity index (χ1) is 15.3. The smallest absolute Gasteiger partial charge is 0.266 e. The molecule has 1 aliphatic rings. The first-order valence-electron chi connectivity index (χ1n) is 10.6. The van der Waals surface area contributed by atoms with Gasteiger partial charge in [-0.3, -0.25) is 9.69 Å². The van der Waals surface area contributed by atoms with E-state index in [2.05, 4.69) is 61.5 Å². The van der Waals surface area contributed by atoms with Gasteiger partial charge in [-0.25, -0.2) is 9.38 Å². The molecular formula is C26H26FN3OS. The first-order valence-corrected chi connectivity index (χ1v) is 11.4. The Bertz CT molecular complexity index is 1230. The molecule has 1 saturated heterocycles. The molecule has 3 aromatic rings. The fourth-order valence-electron chi connectivity index (χ4n) is 4.05. The van der Waals surface area contributed by atoms with Crippen molar-refractivity contribution in [2.75, 3.05) is 6.54 Å². The average molecular weight is 448 g/mol. The number of carbonyl (C=O) groups is 1. The third kappa shape index (κ3) is 4.28. The van der Waals surface area contributed by atoms with E-state index in [0.717, 1.165) is 22.6 Å².